The van der Waals surface area contributed by atoms with Crippen molar-refractivity contribution in [3.63, 3.8) is 0 Å². The number of aromatic nitrogens is 1. The molecule has 2 amide bonds. The van der Waals surface area contributed by atoms with Gasteiger partial charge < -0.3 is 29.2 Å². The second kappa shape index (κ2) is 11.7. The van der Waals surface area contributed by atoms with Gasteiger partial charge in [0.1, 0.15) is 11.6 Å². The summed E-state index contributed by atoms with van der Waals surface area (Å²) in [7, 11) is 1.60. The van der Waals surface area contributed by atoms with Crippen LogP contribution in [-0.2, 0) is 27.7 Å². The molecule has 0 radical (unpaired) electrons. The van der Waals surface area contributed by atoms with Gasteiger partial charge in [-0.1, -0.05) is 30.3 Å². The van der Waals surface area contributed by atoms with Crippen LogP contribution in [-0.4, -0.2) is 75.8 Å². The van der Waals surface area contributed by atoms with Gasteiger partial charge >= 0.3 is 18.0 Å². The zero-order valence-electron chi connectivity index (χ0n) is 23.9. The van der Waals surface area contributed by atoms with Crippen molar-refractivity contribution in [3.05, 3.63) is 58.6 Å². The molecule has 2 N–H and O–H groups in total. The van der Waals surface area contributed by atoms with Gasteiger partial charge in [0, 0.05) is 13.5 Å². The van der Waals surface area contributed by atoms with Crippen LogP contribution in [0.2, 0.25) is 0 Å². The van der Waals surface area contributed by atoms with E-state index in [-0.39, 0.29) is 6.42 Å². The Morgan fingerprint density at radius 1 is 1.19 bits per heavy atom. The molecule has 11 nitrogen and oxygen atoms in total. The third kappa shape index (κ3) is 7.18. The average molecular weight is 605 g/mol. The molecule has 43 heavy (non-hydrogen) atoms. The first kappa shape index (κ1) is 31.6. The van der Waals surface area contributed by atoms with Crippen LogP contribution >= 0.6 is 0 Å². The zero-order valence-corrected chi connectivity index (χ0v) is 23.9. The Labute approximate surface area is 244 Å². The van der Waals surface area contributed by atoms with Gasteiger partial charge in [-0.05, 0) is 49.6 Å². The average Bonchev–Trinajstić information content (AvgIpc) is 3.07. The van der Waals surface area contributed by atoms with Crippen LogP contribution in [0.4, 0.5) is 18.0 Å². The van der Waals surface area contributed by atoms with Crippen LogP contribution in [0, 0.1) is 11.3 Å². The van der Waals surface area contributed by atoms with Gasteiger partial charge in [-0.15, -0.1) is 0 Å². The lowest BCUT2D eigenvalue weighted by atomic mass is 10.0. The van der Waals surface area contributed by atoms with Crippen LogP contribution in [0.1, 0.15) is 26.3 Å². The number of hydrogen-bond acceptors (Lipinski definition) is 8. The fourth-order valence-electron chi connectivity index (χ4n) is 4.48. The number of halogens is 3. The number of aliphatic hydroxyl groups is 1. The fourth-order valence-corrected chi connectivity index (χ4v) is 4.48. The highest BCUT2D eigenvalue weighted by molar-refractivity contribution is 5.83. The molecule has 14 heteroatoms. The van der Waals surface area contributed by atoms with Crippen LogP contribution in [0.25, 0.3) is 22.2 Å². The third-order valence-corrected chi connectivity index (χ3v) is 6.82. The SMILES string of the molecule is Cn1c(=O)oc2ccc(-c3ccc(C[C@@H](C#N)NC(=O)[C@@H]4CN(C(=O)OC(C)(C)C)CC(O)(C(F)(F)F)CO4)cc3)cc21. The molecule has 1 fully saturated rings. The molecule has 2 aromatic carbocycles. The van der Waals surface area contributed by atoms with Crippen LogP contribution in [0.5, 0.6) is 0 Å². The van der Waals surface area contributed by atoms with Crippen LogP contribution < -0.4 is 11.1 Å². The lowest BCUT2D eigenvalue weighted by Gasteiger charge is -2.33. The minimum Gasteiger partial charge on any atom is -0.444 e. The molecular weight excluding hydrogens is 573 g/mol. The summed E-state index contributed by atoms with van der Waals surface area (Å²) in [4.78, 5) is 38.0. The molecule has 1 aromatic heterocycles. The van der Waals surface area contributed by atoms with Crippen molar-refractivity contribution < 1.29 is 41.8 Å². The smallest absolute Gasteiger partial charge is 0.421 e. The van der Waals surface area contributed by atoms with Gasteiger partial charge in [-0.2, -0.15) is 18.4 Å². The Kier molecular flexibility index (Phi) is 8.62. The maximum atomic E-state index is 13.7. The van der Waals surface area contributed by atoms with Gasteiger partial charge in [-0.25, -0.2) is 9.59 Å². The van der Waals surface area contributed by atoms with Gasteiger partial charge in [0.2, 0.25) is 5.60 Å². The Hall–Kier alpha value is -4.35. The Bertz CT molecular complexity index is 1600. The molecule has 230 valence electrons. The molecule has 0 saturated carbocycles. The van der Waals surface area contributed by atoms with Gasteiger partial charge in [0.15, 0.2) is 11.7 Å². The number of nitrogens with one attached hydrogen (secondary N) is 1. The number of benzene rings is 2. The van der Waals surface area contributed by atoms with Crippen molar-refractivity contribution in [1.82, 2.24) is 14.8 Å². The van der Waals surface area contributed by atoms with Crippen molar-refractivity contribution in [3.8, 4) is 17.2 Å². The van der Waals surface area contributed by atoms with Crippen molar-refractivity contribution in [1.29, 1.82) is 5.26 Å². The van der Waals surface area contributed by atoms with Crippen LogP contribution in [0.3, 0.4) is 0 Å². The topological polar surface area (TPSA) is 147 Å². The third-order valence-electron chi connectivity index (χ3n) is 6.82. The van der Waals surface area contributed by atoms with Crippen LogP contribution in [0.15, 0.2) is 51.7 Å². The number of alkyl halides is 3. The van der Waals surface area contributed by atoms with Gasteiger partial charge in [-0.3, -0.25) is 9.36 Å². The maximum absolute atomic E-state index is 13.7. The van der Waals surface area contributed by atoms with Crippen molar-refractivity contribution in [2.75, 3.05) is 19.7 Å². The summed E-state index contributed by atoms with van der Waals surface area (Å²) in [5, 5.41) is 22.4. The minimum atomic E-state index is -5.17. The monoisotopic (exact) mass is 604 g/mol. The molecule has 3 aromatic rings. The second-order valence-electron chi connectivity index (χ2n) is 11.4. The minimum absolute atomic E-state index is 0.0623. The molecule has 1 saturated heterocycles. The normalized spacial score (nSPS) is 20.3. The Morgan fingerprint density at radius 3 is 2.44 bits per heavy atom. The summed E-state index contributed by atoms with van der Waals surface area (Å²) in [6.45, 7) is 1.41. The van der Waals surface area contributed by atoms with E-state index in [9.17, 15) is 37.9 Å². The van der Waals surface area contributed by atoms with E-state index in [0.29, 0.717) is 21.6 Å². The standard InChI is InChI=1S/C29H31F3N4O7/c1-27(2,3)43-26(39)36-14-23(41-16-28(40,15-36)29(30,31)32)24(37)34-20(13-33)11-17-5-7-18(8-6-17)19-9-10-22-21(12-19)35(4)25(38)42-22/h5-10,12,20,23,40H,11,14-16H2,1-4H3,(H,34,37)/t20-,23-,28?/m0/s1. The van der Waals surface area contributed by atoms with E-state index < -0.39 is 67.0 Å². The summed E-state index contributed by atoms with van der Waals surface area (Å²) >= 11 is 0. The summed E-state index contributed by atoms with van der Waals surface area (Å²) in [6, 6.07) is 13.3. The summed E-state index contributed by atoms with van der Waals surface area (Å²) < 4.78 is 57.9. The highest BCUT2D eigenvalue weighted by atomic mass is 19.4. The fraction of sp³-hybridized carbons (Fsp3) is 0.448. The number of ether oxygens (including phenoxy) is 2. The van der Waals surface area contributed by atoms with Crippen molar-refractivity contribution in [2.24, 2.45) is 7.05 Å². The van der Waals surface area contributed by atoms with E-state index in [2.05, 4.69) is 5.32 Å². The van der Waals surface area contributed by atoms with E-state index >= 15 is 0 Å². The summed E-state index contributed by atoms with van der Waals surface area (Å²) in [5.41, 5.74) is -1.09. The number of carbonyl (C=O) groups is 2. The van der Waals surface area contributed by atoms with Gasteiger partial charge in [0.05, 0.1) is 31.3 Å². The number of nitriles is 1. The number of oxazole rings is 1. The Morgan fingerprint density at radius 2 is 1.84 bits per heavy atom. The van der Waals surface area contributed by atoms with Crippen molar-refractivity contribution in [2.45, 2.75) is 56.7 Å². The number of β-amino-alcohol motifs (C(OH)–C–C–N with tert-alkyl or cyclic N) is 1. The largest absolute Gasteiger partial charge is 0.444 e. The number of nitrogens with zero attached hydrogens (tertiary/aromatic N) is 3. The highest BCUT2D eigenvalue weighted by Crippen LogP contribution is 2.34. The first-order valence-corrected chi connectivity index (χ1v) is 13.3. The molecule has 1 unspecified atom stereocenters. The number of carbonyl (C=O) groups excluding carboxylic acids is 2. The van der Waals surface area contributed by atoms with E-state index in [0.717, 1.165) is 11.1 Å². The second-order valence-corrected chi connectivity index (χ2v) is 11.4. The lowest BCUT2D eigenvalue weighted by Crippen LogP contribution is -2.56. The number of amides is 2. The molecular formula is C29H31F3N4O7. The number of fused-ring (bicyclic) bond motifs is 1. The molecule has 1 aliphatic rings. The predicted octanol–water partition coefficient (Wildman–Crippen LogP) is 3.28. The zero-order chi connectivity index (χ0) is 31.7. The number of aryl methyl sites for hydroxylation is 1. The summed E-state index contributed by atoms with van der Waals surface area (Å²) in [6.07, 6.45) is -7.88. The molecule has 0 bridgehead atoms. The quantitative estimate of drug-likeness (QED) is 0.451. The highest BCUT2D eigenvalue weighted by Gasteiger charge is 2.57. The summed E-state index contributed by atoms with van der Waals surface area (Å²) in [5.74, 6) is -1.41. The molecule has 0 aliphatic carbocycles. The molecule has 0 spiro atoms. The Balaban J connectivity index is 1.46. The predicted molar refractivity (Wildman–Crippen MR) is 147 cm³/mol. The maximum Gasteiger partial charge on any atom is 0.421 e. The van der Waals surface area contributed by atoms with E-state index in [1.54, 1.807) is 49.5 Å². The number of hydrogen-bond donors (Lipinski definition) is 2. The first-order valence-electron chi connectivity index (χ1n) is 13.3. The first-order chi connectivity index (χ1) is 20.0. The van der Waals surface area contributed by atoms with Crippen molar-refractivity contribution >= 4 is 23.1 Å². The van der Waals surface area contributed by atoms with Gasteiger partial charge in [0.25, 0.3) is 5.91 Å². The molecule has 4 rings (SSSR count). The lowest BCUT2D eigenvalue weighted by molar-refractivity contribution is -0.274. The molecule has 3 atom stereocenters. The number of rotatable bonds is 5. The van der Waals surface area contributed by atoms with E-state index in [1.165, 1.54) is 25.3 Å². The van der Waals surface area contributed by atoms with E-state index in [1.807, 2.05) is 6.07 Å². The van der Waals surface area contributed by atoms with E-state index in [4.69, 9.17) is 13.9 Å². The molecule has 2 heterocycles. The molecule has 1 aliphatic heterocycles.